The summed E-state index contributed by atoms with van der Waals surface area (Å²) in [7, 11) is 3.33. The molecular weight excluding hydrogens is 352 g/mol. The van der Waals surface area contributed by atoms with Crippen LogP contribution in [0.4, 0.5) is 0 Å². The second-order valence-corrected chi connectivity index (χ2v) is 7.55. The lowest BCUT2D eigenvalue weighted by molar-refractivity contribution is 0.0499. The third-order valence-corrected chi connectivity index (χ3v) is 5.51. The maximum absolute atomic E-state index is 9.57. The van der Waals surface area contributed by atoms with Crippen molar-refractivity contribution in [2.24, 2.45) is 0 Å². The van der Waals surface area contributed by atoms with Crippen LogP contribution in [0.5, 0.6) is 11.5 Å². The molecule has 0 aliphatic carbocycles. The van der Waals surface area contributed by atoms with Gasteiger partial charge >= 0.3 is 0 Å². The SMILES string of the molecule is COc1ccc(CN2CCN(Cc3ccc(C)cc3)[C@@H](CCO)C2)cc1OC. The third kappa shape index (κ3) is 5.25. The highest BCUT2D eigenvalue weighted by Crippen LogP contribution is 2.28. The van der Waals surface area contributed by atoms with Gasteiger partial charge in [-0.3, -0.25) is 9.80 Å². The number of ether oxygens (including phenoxy) is 2. The minimum absolute atomic E-state index is 0.221. The van der Waals surface area contributed by atoms with Crippen LogP contribution in [0.3, 0.4) is 0 Å². The Balaban J connectivity index is 1.64. The number of aliphatic hydroxyl groups excluding tert-OH is 1. The third-order valence-electron chi connectivity index (χ3n) is 5.51. The second-order valence-electron chi connectivity index (χ2n) is 7.55. The summed E-state index contributed by atoms with van der Waals surface area (Å²) in [6, 6.07) is 15.2. The van der Waals surface area contributed by atoms with E-state index in [1.165, 1.54) is 16.7 Å². The number of aliphatic hydroxyl groups is 1. The smallest absolute Gasteiger partial charge is 0.161 e. The molecule has 0 unspecified atom stereocenters. The highest BCUT2D eigenvalue weighted by atomic mass is 16.5. The maximum atomic E-state index is 9.57. The summed E-state index contributed by atoms with van der Waals surface area (Å²) in [6.07, 6.45) is 0.800. The topological polar surface area (TPSA) is 45.2 Å². The fourth-order valence-electron chi connectivity index (χ4n) is 3.90. The monoisotopic (exact) mass is 384 g/mol. The molecule has 1 saturated heterocycles. The average Bonchev–Trinajstić information content (AvgIpc) is 2.71. The zero-order valence-electron chi connectivity index (χ0n) is 17.2. The van der Waals surface area contributed by atoms with E-state index in [-0.39, 0.29) is 6.61 Å². The second kappa shape index (κ2) is 9.92. The molecule has 0 amide bonds. The van der Waals surface area contributed by atoms with Crippen LogP contribution in [0.1, 0.15) is 23.1 Å². The van der Waals surface area contributed by atoms with Gasteiger partial charge in [-0.05, 0) is 36.6 Å². The molecule has 0 saturated carbocycles. The molecular formula is C23H32N2O3. The molecule has 0 bridgehead atoms. The number of aryl methyl sites for hydroxylation is 1. The molecule has 0 spiro atoms. The Morgan fingerprint density at radius 2 is 1.64 bits per heavy atom. The first kappa shape index (κ1) is 20.6. The highest BCUT2D eigenvalue weighted by Gasteiger charge is 2.26. The van der Waals surface area contributed by atoms with Crippen LogP contribution in [0, 0.1) is 6.92 Å². The van der Waals surface area contributed by atoms with E-state index >= 15 is 0 Å². The lowest BCUT2D eigenvalue weighted by Crippen LogP contribution is -2.52. The van der Waals surface area contributed by atoms with E-state index in [0.29, 0.717) is 6.04 Å². The molecule has 5 heteroatoms. The predicted molar refractivity (Wildman–Crippen MR) is 112 cm³/mol. The molecule has 28 heavy (non-hydrogen) atoms. The van der Waals surface area contributed by atoms with Crippen LogP contribution in [0.25, 0.3) is 0 Å². The van der Waals surface area contributed by atoms with E-state index in [1.807, 2.05) is 6.07 Å². The summed E-state index contributed by atoms with van der Waals surface area (Å²) in [6.45, 7) is 7.13. The predicted octanol–water partition coefficient (Wildman–Crippen LogP) is 3.08. The van der Waals surface area contributed by atoms with Gasteiger partial charge in [0.25, 0.3) is 0 Å². The van der Waals surface area contributed by atoms with Crippen molar-refractivity contribution < 1.29 is 14.6 Å². The van der Waals surface area contributed by atoms with Crippen molar-refractivity contribution in [3.8, 4) is 11.5 Å². The van der Waals surface area contributed by atoms with E-state index < -0.39 is 0 Å². The van der Waals surface area contributed by atoms with E-state index in [9.17, 15) is 5.11 Å². The Hall–Kier alpha value is -2.08. The van der Waals surface area contributed by atoms with Crippen molar-refractivity contribution >= 4 is 0 Å². The van der Waals surface area contributed by atoms with Crippen molar-refractivity contribution in [2.75, 3.05) is 40.5 Å². The van der Waals surface area contributed by atoms with Gasteiger partial charge in [0.15, 0.2) is 11.5 Å². The van der Waals surface area contributed by atoms with Crippen LogP contribution in [0.15, 0.2) is 42.5 Å². The Bertz CT molecular complexity index is 748. The number of rotatable bonds is 8. The van der Waals surface area contributed by atoms with Crippen molar-refractivity contribution in [2.45, 2.75) is 32.5 Å². The lowest BCUT2D eigenvalue weighted by atomic mass is 10.1. The largest absolute Gasteiger partial charge is 0.493 e. The van der Waals surface area contributed by atoms with Crippen LogP contribution in [-0.2, 0) is 13.1 Å². The lowest BCUT2D eigenvalue weighted by Gasteiger charge is -2.41. The van der Waals surface area contributed by atoms with Gasteiger partial charge in [0.05, 0.1) is 14.2 Å². The van der Waals surface area contributed by atoms with Crippen LogP contribution in [0.2, 0.25) is 0 Å². The van der Waals surface area contributed by atoms with Gasteiger partial charge in [0.2, 0.25) is 0 Å². The van der Waals surface area contributed by atoms with Gasteiger partial charge < -0.3 is 14.6 Å². The molecule has 2 aromatic carbocycles. The molecule has 0 radical (unpaired) electrons. The normalized spacial score (nSPS) is 18.2. The Morgan fingerprint density at radius 1 is 0.929 bits per heavy atom. The molecule has 1 atom stereocenters. The number of hydrogen-bond acceptors (Lipinski definition) is 5. The quantitative estimate of drug-likeness (QED) is 0.758. The molecule has 1 heterocycles. The van der Waals surface area contributed by atoms with Crippen molar-refractivity contribution in [1.29, 1.82) is 0 Å². The standard InChI is InChI=1S/C23H32N2O3/c1-18-4-6-19(7-5-18)16-25-12-11-24(17-21(25)10-13-26)15-20-8-9-22(27-2)23(14-20)28-3/h4-9,14,21,26H,10-13,15-17H2,1-3H3/t21-/m0/s1. The van der Waals surface area contributed by atoms with Crippen LogP contribution in [-0.4, -0.2) is 61.4 Å². The zero-order valence-corrected chi connectivity index (χ0v) is 17.2. The van der Waals surface area contributed by atoms with E-state index in [2.05, 4.69) is 53.1 Å². The van der Waals surface area contributed by atoms with Gasteiger partial charge in [-0.15, -0.1) is 0 Å². The number of methoxy groups -OCH3 is 2. The summed E-state index contributed by atoms with van der Waals surface area (Å²) in [4.78, 5) is 4.97. The Labute approximate surface area is 168 Å². The molecule has 0 aromatic heterocycles. The number of piperazine rings is 1. The average molecular weight is 385 g/mol. The first-order valence-electron chi connectivity index (χ1n) is 9.96. The summed E-state index contributed by atoms with van der Waals surface area (Å²) < 4.78 is 10.8. The molecule has 3 rings (SSSR count). The van der Waals surface area contributed by atoms with E-state index in [4.69, 9.17) is 9.47 Å². The minimum Gasteiger partial charge on any atom is -0.493 e. The summed E-state index contributed by atoms with van der Waals surface area (Å²) >= 11 is 0. The summed E-state index contributed by atoms with van der Waals surface area (Å²) in [5.74, 6) is 1.53. The fraction of sp³-hybridized carbons (Fsp3) is 0.478. The van der Waals surface area contributed by atoms with Crippen molar-refractivity contribution in [3.05, 3.63) is 59.2 Å². The summed E-state index contributed by atoms with van der Waals surface area (Å²) in [5.41, 5.74) is 3.84. The van der Waals surface area contributed by atoms with Crippen molar-refractivity contribution in [3.63, 3.8) is 0 Å². The summed E-state index contributed by atoms with van der Waals surface area (Å²) in [5, 5.41) is 9.57. The van der Waals surface area contributed by atoms with Crippen LogP contribution >= 0.6 is 0 Å². The molecule has 1 N–H and O–H groups in total. The van der Waals surface area contributed by atoms with E-state index in [1.54, 1.807) is 14.2 Å². The van der Waals surface area contributed by atoms with Crippen molar-refractivity contribution in [1.82, 2.24) is 9.80 Å². The molecule has 152 valence electrons. The molecule has 2 aromatic rings. The molecule has 1 aliphatic rings. The number of hydrogen-bond donors (Lipinski definition) is 1. The molecule has 1 aliphatic heterocycles. The van der Waals surface area contributed by atoms with Gasteiger partial charge in [0.1, 0.15) is 0 Å². The highest BCUT2D eigenvalue weighted by molar-refractivity contribution is 5.42. The number of nitrogens with zero attached hydrogens (tertiary/aromatic N) is 2. The molecule has 1 fully saturated rings. The Morgan fingerprint density at radius 3 is 2.32 bits per heavy atom. The van der Waals surface area contributed by atoms with Crippen LogP contribution < -0.4 is 9.47 Å². The first-order chi connectivity index (χ1) is 13.6. The number of benzene rings is 2. The van der Waals surface area contributed by atoms with Gasteiger partial charge in [-0.1, -0.05) is 35.9 Å². The fourth-order valence-corrected chi connectivity index (χ4v) is 3.90. The van der Waals surface area contributed by atoms with Gasteiger partial charge in [0, 0.05) is 45.4 Å². The minimum atomic E-state index is 0.221. The zero-order chi connectivity index (χ0) is 19.9. The maximum Gasteiger partial charge on any atom is 0.161 e. The van der Waals surface area contributed by atoms with Gasteiger partial charge in [-0.2, -0.15) is 0 Å². The van der Waals surface area contributed by atoms with Gasteiger partial charge in [-0.25, -0.2) is 0 Å². The van der Waals surface area contributed by atoms with E-state index in [0.717, 1.165) is 50.6 Å². The first-order valence-corrected chi connectivity index (χ1v) is 9.96. The molecule has 5 nitrogen and oxygen atoms in total. The Kier molecular flexibility index (Phi) is 7.31.